The number of hydrogen-bond donors (Lipinski definition) is 2. The summed E-state index contributed by atoms with van der Waals surface area (Å²) >= 11 is 0. The van der Waals surface area contributed by atoms with Gasteiger partial charge in [-0.2, -0.15) is 0 Å². The first-order valence-electron chi connectivity index (χ1n) is 11.3. The zero-order chi connectivity index (χ0) is 22.6. The number of imidazole rings is 1. The maximum Gasteiger partial charge on any atom is 0.138 e. The van der Waals surface area contributed by atoms with Crippen LogP contribution in [0.25, 0.3) is 22.5 Å². The molecular formula is C25H33N3O3Si. The topological polar surface area (TPSA) is 82.4 Å². The van der Waals surface area contributed by atoms with Gasteiger partial charge in [-0.25, -0.2) is 4.98 Å². The first-order valence-corrected chi connectivity index (χ1v) is 15.0. The largest absolute Gasteiger partial charge is 0.456 e. The van der Waals surface area contributed by atoms with E-state index in [1.165, 1.54) is 0 Å². The summed E-state index contributed by atoms with van der Waals surface area (Å²) in [5, 5.41) is 0. The number of nitrogens with one attached hydrogen (secondary N) is 1. The van der Waals surface area contributed by atoms with E-state index in [1.807, 2.05) is 42.5 Å². The van der Waals surface area contributed by atoms with Crippen LogP contribution in [0.15, 0.2) is 48.5 Å². The van der Waals surface area contributed by atoms with Crippen molar-refractivity contribution in [2.75, 3.05) is 26.4 Å². The summed E-state index contributed by atoms with van der Waals surface area (Å²) in [6.45, 7) is 9.42. The smallest absolute Gasteiger partial charge is 0.138 e. The van der Waals surface area contributed by atoms with Crippen molar-refractivity contribution in [3.63, 3.8) is 0 Å². The molecule has 0 saturated heterocycles. The van der Waals surface area contributed by atoms with Crippen molar-refractivity contribution in [1.29, 1.82) is 0 Å². The van der Waals surface area contributed by atoms with Gasteiger partial charge in [-0.3, -0.25) is 0 Å². The van der Waals surface area contributed by atoms with Gasteiger partial charge in [0.1, 0.15) is 29.1 Å². The first-order chi connectivity index (χ1) is 15.5. The average molecular weight is 452 g/mol. The molecule has 3 N–H and O–H groups in total. The fourth-order valence-corrected chi connectivity index (χ4v) is 4.41. The fraction of sp³-hybridized carbons (Fsp3) is 0.400. The van der Waals surface area contributed by atoms with Crippen molar-refractivity contribution < 1.29 is 14.2 Å². The van der Waals surface area contributed by atoms with Crippen molar-refractivity contribution in [3.05, 3.63) is 54.4 Å². The molecule has 170 valence electrons. The highest BCUT2D eigenvalue weighted by Crippen LogP contribution is 2.45. The molecule has 32 heavy (non-hydrogen) atoms. The second kappa shape index (κ2) is 10.00. The van der Waals surface area contributed by atoms with Crippen LogP contribution in [-0.4, -0.2) is 44.4 Å². The monoisotopic (exact) mass is 451 g/mol. The number of aromatic amines is 1. The van der Waals surface area contributed by atoms with Crippen molar-refractivity contribution >= 4 is 8.07 Å². The van der Waals surface area contributed by atoms with Gasteiger partial charge in [0.2, 0.25) is 0 Å². The molecule has 1 aliphatic rings. The zero-order valence-corrected chi connectivity index (χ0v) is 20.2. The van der Waals surface area contributed by atoms with Crippen LogP contribution in [0, 0.1) is 0 Å². The molecule has 1 aliphatic heterocycles. The predicted octanol–water partition coefficient (Wildman–Crippen LogP) is 5.61. The third kappa shape index (κ3) is 5.30. The molecule has 0 saturated carbocycles. The normalized spacial score (nSPS) is 13.5. The standard InChI is InChI=1S/C25H33N3O3Si/c1-32(2,3)16-15-29-17-22(30-14-8-13-26)25-27-23-18-9-4-6-11-20(18)31-21-12-7-5-10-19(21)24(23)28-25/h4-7,9-12,22H,8,13-17,26H2,1-3H3,(H,27,28). The molecule has 3 aromatic rings. The number of fused-ring (bicyclic) bond motifs is 5. The highest BCUT2D eigenvalue weighted by Gasteiger charge is 2.27. The van der Waals surface area contributed by atoms with Crippen LogP contribution in [0.3, 0.4) is 0 Å². The summed E-state index contributed by atoms with van der Waals surface area (Å²) < 4.78 is 18.4. The Labute approximate surface area is 191 Å². The third-order valence-corrected chi connectivity index (χ3v) is 7.18. The quantitative estimate of drug-likeness (QED) is 0.242. The van der Waals surface area contributed by atoms with Crippen LogP contribution in [0.4, 0.5) is 0 Å². The van der Waals surface area contributed by atoms with Crippen LogP contribution < -0.4 is 10.5 Å². The second-order valence-corrected chi connectivity index (χ2v) is 14.9. The molecule has 0 spiro atoms. The molecule has 0 aliphatic carbocycles. The number of ether oxygens (including phenoxy) is 3. The molecular weight excluding hydrogens is 418 g/mol. The lowest BCUT2D eigenvalue weighted by atomic mass is 10.1. The zero-order valence-electron chi connectivity index (χ0n) is 19.2. The van der Waals surface area contributed by atoms with Crippen LogP contribution in [0.1, 0.15) is 18.3 Å². The van der Waals surface area contributed by atoms with E-state index < -0.39 is 8.07 Å². The summed E-state index contributed by atoms with van der Waals surface area (Å²) in [6.07, 6.45) is 0.515. The van der Waals surface area contributed by atoms with E-state index in [-0.39, 0.29) is 6.10 Å². The number of aromatic nitrogens is 2. The minimum Gasteiger partial charge on any atom is -0.456 e. The van der Waals surface area contributed by atoms with Gasteiger partial charge in [0, 0.05) is 32.4 Å². The van der Waals surface area contributed by atoms with Crippen molar-refractivity contribution in [1.82, 2.24) is 9.97 Å². The van der Waals surface area contributed by atoms with Gasteiger partial charge in [-0.15, -0.1) is 0 Å². The number of hydrogen-bond acceptors (Lipinski definition) is 5. The Morgan fingerprint density at radius 3 is 2.41 bits per heavy atom. The van der Waals surface area contributed by atoms with Crippen molar-refractivity contribution in [2.45, 2.75) is 38.2 Å². The summed E-state index contributed by atoms with van der Waals surface area (Å²) in [6, 6.07) is 17.1. The maximum absolute atomic E-state index is 6.21. The Balaban J connectivity index is 1.66. The number of para-hydroxylation sites is 2. The molecule has 2 aromatic carbocycles. The minimum atomic E-state index is -1.15. The molecule has 1 aromatic heterocycles. The first kappa shape index (κ1) is 22.7. The Morgan fingerprint density at radius 1 is 1.00 bits per heavy atom. The van der Waals surface area contributed by atoms with Gasteiger partial charge >= 0.3 is 0 Å². The summed E-state index contributed by atoms with van der Waals surface area (Å²) in [4.78, 5) is 8.53. The van der Waals surface area contributed by atoms with E-state index >= 15 is 0 Å². The third-order valence-electron chi connectivity index (χ3n) is 5.48. The molecule has 2 heterocycles. The molecule has 0 bridgehead atoms. The van der Waals surface area contributed by atoms with Gasteiger partial charge in [-0.1, -0.05) is 43.9 Å². The molecule has 0 radical (unpaired) electrons. The Morgan fingerprint density at radius 2 is 1.69 bits per heavy atom. The van der Waals surface area contributed by atoms with Crippen LogP contribution in [0.5, 0.6) is 11.5 Å². The SMILES string of the molecule is C[Si](C)(C)CCOCC(OCCCN)c1nc2c([nH]1)-c1ccccc1Oc1ccccc1-2. The second-order valence-electron chi connectivity index (χ2n) is 9.33. The summed E-state index contributed by atoms with van der Waals surface area (Å²) in [5.74, 6) is 2.37. The average Bonchev–Trinajstić information content (AvgIpc) is 3.15. The minimum absolute atomic E-state index is 0.282. The van der Waals surface area contributed by atoms with Crippen LogP contribution >= 0.6 is 0 Å². The van der Waals surface area contributed by atoms with Gasteiger partial charge in [-0.05, 0) is 43.3 Å². The van der Waals surface area contributed by atoms with E-state index in [1.54, 1.807) is 0 Å². The summed E-state index contributed by atoms with van der Waals surface area (Å²) in [5.41, 5.74) is 9.44. The molecule has 6 nitrogen and oxygen atoms in total. The number of nitrogens with two attached hydrogens (primary N) is 1. The van der Waals surface area contributed by atoms with Crippen LogP contribution in [0.2, 0.25) is 25.7 Å². The molecule has 0 amide bonds. The number of nitrogens with zero attached hydrogens (tertiary/aromatic N) is 1. The lowest BCUT2D eigenvalue weighted by Crippen LogP contribution is -2.23. The highest BCUT2D eigenvalue weighted by molar-refractivity contribution is 6.76. The van der Waals surface area contributed by atoms with Crippen molar-refractivity contribution in [3.8, 4) is 34.0 Å². The maximum atomic E-state index is 6.21. The van der Waals surface area contributed by atoms with Gasteiger partial charge in [0.25, 0.3) is 0 Å². The Kier molecular flexibility index (Phi) is 7.10. The molecule has 0 fully saturated rings. The highest BCUT2D eigenvalue weighted by atomic mass is 28.3. The van der Waals surface area contributed by atoms with E-state index in [0.29, 0.717) is 19.8 Å². The number of rotatable bonds is 10. The van der Waals surface area contributed by atoms with Crippen LogP contribution in [-0.2, 0) is 9.47 Å². The lowest BCUT2D eigenvalue weighted by molar-refractivity contribution is -0.0195. The molecule has 4 rings (SSSR count). The van der Waals surface area contributed by atoms with E-state index in [9.17, 15) is 0 Å². The van der Waals surface area contributed by atoms with Gasteiger partial charge in [0.05, 0.1) is 12.3 Å². The van der Waals surface area contributed by atoms with E-state index in [0.717, 1.165) is 58.9 Å². The molecule has 1 unspecified atom stereocenters. The van der Waals surface area contributed by atoms with Gasteiger partial charge < -0.3 is 24.9 Å². The number of H-pyrrole nitrogens is 1. The predicted molar refractivity (Wildman–Crippen MR) is 131 cm³/mol. The lowest BCUT2D eigenvalue weighted by Gasteiger charge is -2.19. The van der Waals surface area contributed by atoms with Crippen molar-refractivity contribution in [2.24, 2.45) is 5.73 Å². The Bertz CT molecular complexity index is 982. The number of benzene rings is 2. The molecule has 7 heteroatoms. The van der Waals surface area contributed by atoms with E-state index in [4.69, 9.17) is 24.9 Å². The fourth-order valence-electron chi connectivity index (χ4n) is 3.65. The van der Waals surface area contributed by atoms with E-state index in [2.05, 4.69) is 30.7 Å². The summed E-state index contributed by atoms with van der Waals surface area (Å²) in [7, 11) is -1.15. The molecule has 1 atom stereocenters. The van der Waals surface area contributed by atoms with Gasteiger partial charge in [0.15, 0.2) is 0 Å². The Hall–Kier alpha value is -2.45.